The molecule has 0 spiro atoms. The zero-order chi connectivity index (χ0) is 7.56. The molecule has 0 aliphatic rings. The minimum Gasteiger partial charge on any atom is -0.465 e. The summed E-state index contributed by atoms with van der Waals surface area (Å²) in [6, 6.07) is 0. The molecule has 0 bridgehead atoms. The van der Waals surface area contributed by atoms with Gasteiger partial charge in [0.05, 0.1) is 13.3 Å². The number of ether oxygens (including phenoxy) is 1. The highest BCUT2D eigenvalue weighted by Gasteiger charge is 2.12. The highest BCUT2D eigenvalue weighted by Crippen LogP contribution is 2.02. The predicted octanol–water partition coefficient (Wildman–Crippen LogP) is 0.335. The van der Waals surface area contributed by atoms with Gasteiger partial charge in [0.15, 0.2) is 0 Å². The lowest BCUT2D eigenvalue weighted by Gasteiger charge is -1.91. The van der Waals surface area contributed by atoms with E-state index < -0.39 is 11.9 Å². The van der Waals surface area contributed by atoms with Crippen molar-refractivity contribution in [2.45, 2.75) is 0 Å². The quantitative estimate of drug-likeness (QED) is 0.578. The van der Waals surface area contributed by atoms with Gasteiger partial charge < -0.3 is 4.74 Å². The summed E-state index contributed by atoms with van der Waals surface area (Å²) in [4.78, 5) is 10.6. The number of rotatable bonds is 1. The Hall–Kier alpha value is -1.39. The van der Waals surface area contributed by atoms with Crippen molar-refractivity contribution >= 4 is 5.97 Å². The molecule has 5 heteroatoms. The molecule has 0 aromatic carbocycles. The maximum absolute atomic E-state index is 12.4. The number of methoxy groups -OCH3 is 1. The molecule has 1 rings (SSSR count). The highest BCUT2D eigenvalue weighted by molar-refractivity contribution is 5.88. The molecular formula is C5H5FN2O2. The topological polar surface area (TPSA) is 55.0 Å². The van der Waals surface area contributed by atoms with Gasteiger partial charge in [0.1, 0.15) is 5.56 Å². The van der Waals surface area contributed by atoms with Crippen molar-refractivity contribution < 1.29 is 13.9 Å². The maximum atomic E-state index is 12.4. The molecule has 1 heterocycles. The first-order valence-electron chi connectivity index (χ1n) is 2.53. The summed E-state index contributed by atoms with van der Waals surface area (Å²) in [5, 5.41) is 5.26. The smallest absolute Gasteiger partial charge is 0.344 e. The second-order valence-corrected chi connectivity index (χ2v) is 1.59. The molecule has 1 aromatic rings. The van der Waals surface area contributed by atoms with E-state index in [4.69, 9.17) is 0 Å². The van der Waals surface area contributed by atoms with Crippen molar-refractivity contribution in [3.63, 3.8) is 0 Å². The fourth-order valence-electron chi connectivity index (χ4n) is 0.523. The summed E-state index contributed by atoms with van der Waals surface area (Å²) >= 11 is 0. The molecule has 1 aromatic heterocycles. The van der Waals surface area contributed by atoms with Crippen LogP contribution in [0.5, 0.6) is 0 Å². The number of halogens is 1. The van der Waals surface area contributed by atoms with E-state index in [1.165, 1.54) is 7.11 Å². The van der Waals surface area contributed by atoms with Gasteiger partial charge in [0.2, 0.25) is 5.95 Å². The monoisotopic (exact) mass is 144 g/mol. The molecule has 0 radical (unpaired) electrons. The number of aromatic amines is 1. The average Bonchev–Trinajstić information content (AvgIpc) is 2.34. The van der Waals surface area contributed by atoms with Crippen LogP contribution >= 0.6 is 0 Å². The molecule has 0 saturated heterocycles. The number of carbonyl (C=O) groups is 1. The standard InChI is InChI=1S/C5H5FN2O2/c1-10-5(9)3-2-7-8-4(3)6/h2H,1H3,(H,7,8). The fourth-order valence-corrected chi connectivity index (χ4v) is 0.523. The zero-order valence-electron chi connectivity index (χ0n) is 5.22. The van der Waals surface area contributed by atoms with E-state index in [1.807, 2.05) is 5.10 Å². The number of esters is 1. The van der Waals surface area contributed by atoms with Crippen LogP contribution in [0.1, 0.15) is 10.4 Å². The van der Waals surface area contributed by atoms with Gasteiger partial charge in [0.25, 0.3) is 0 Å². The van der Waals surface area contributed by atoms with Gasteiger partial charge >= 0.3 is 5.97 Å². The van der Waals surface area contributed by atoms with Gasteiger partial charge in [-0.15, -0.1) is 0 Å². The number of aromatic nitrogens is 2. The van der Waals surface area contributed by atoms with E-state index in [9.17, 15) is 9.18 Å². The summed E-state index contributed by atoms with van der Waals surface area (Å²) in [5.41, 5.74) is -0.178. The fraction of sp³-hybridized carbons (Fsp3) is 0.200. The lowest BCUT2D eigenvalue weighted by Crippen LogP contribution is -2.01. The number of nitrogens with one attached hydrogen (secondary N) is 1. The Morgan fingerprint density at radius 1 is 1.90 bits per heavy atom. The summed E-state index contributed by atoms with van der Waals surface area (Å²) in [5.74, 6) is -1.50. The number of nitrogens with zero attached hydrogens (tertiary/aromatic N) is 1. The van der Waals surface area contributed by atoms with Crippen LogP contribution in [0.25, 0.3) is 0 Å². The third kappa shape index (κ3) is 0.975. The Labute approximate surface area is 56.0 Å². The molecule has 4 nitrogen and oxygen atoms in total. The Bertz CT molecular complexity index is 246. The molecule has 0 atom stereocenters. The maximum Gasteiger partial charge on any atom is 0.344 e. The number of hydrogen-bond acceptors (Lipinski definition) is 3. The van der Waals surface area contributed by atoms with E-state index >= 15 is 0 Å². The first-order chi connectivity index (χ1) is 4.75. The van der Waals surface area contributed by atoms with Crippen LogP contribution in [0.2, 0.25) is 0 Å². The highest BCUT2D eigenvalue weighted by atomic mass is 19.1. The van der Waals surface area contributed by atoms with E-state index in [1.54, 1.807) is 0 Å². The van der Waals surface area contributed by atoms with Gasteiger partial charge in [0, 0.05) is 0 Å². The van der Waals surface area contributed by atoms with Gasteiger partial charge in [-0.1, -0.05) is 0 Å². The normalized spacial score (nSPS) is 9.40. The SMILES string of the molecule is COC(=O)c1cn[nH]c1F. The van der Waals surface area contributed by atoms with Crippen molar-refractivity contribution in [2.24, 2.45) is 0 Å². The van der Waals surface area contributed by atoms with Crippen molar-refractivity contribution in [3.8, 4) is 0 Å². The van der Waals surface area contributed by atoms with Crippen LogP contribution < -0.4 is 0 Å². The van der Waals surface area contributed by atoms with Crippen LogP contribution in [0, 0.1) is 5.95 Å². The molecule has 0 unspecified atom stereocenters. The Kier molecular flexibility index (Phi) is 1.66. The lowest BCUT2D eigenvalue weighted by atomic mass is 10.4. The molecule has 10 heavy (non-hydrogen) atoms. The number of hydrogen-bond donors (Lipinski definition) is 1. The zero-order valence-corrected chi connectivity index (χ0v) is 5.22. The van der Waals surface area contributed by atoms with Crippen LogP contribution in [0.15, 0.2) is 6.20 Å². The first kappa shape index (κ1) is 6.73. The molecule has 0 amide bonds. The summed E-state index contributed by atoms with van der Waals surface area (Å²) in [6.45, 7) is 0. The van der Waals surface area contributed by atoms with Gasteiger partial charge in [-0.3, -0.25) is 5.10 Å². The molecule has 0 saturated carbocycles. The van der Waals surface area contributed by atoms with Gasteiger partial charge in [-0.05, 0) is 0 Å². The van der Waals surface area contributed by atoms with Crippen molar-refractivity contribution in [3.05, 3.63) is 17.7 Å². The molecular weight excluding hydrogens is 139 g/mol. The predicted molar refractivity (Wildman–Crippen MR) is 29.9 cm³/mol. The molecule has 0 aliphatic heterocycles. The summed E-state index contributed by atoms with van der Waals surface area (Å²) < 4.78 is 16.6. The minimum absolute atomic E-state index is 0.178. The number of carbonyl (C=O) groups excluding carboxylic acids is 1. The Morgan fingerprint density at radius 2 is 2.60 bits per heavy atom. The largest absolute Gasteiger partial charge is 0.465 e. The van der Waals surface area contributed by atoms with Gasteiger partial charge in [-0.25, -0.2) is 4.79 Å². The molecule has 54 valence electrons. The first-order valence-corrected chi connectivity index (χ1v) is 2.53. The Morgan fingerprint density at radius 3 is 3.00 bits per heavy atom. The minimum atomic E-state index is -0.771. The van der Waals surface area contributed by atoms with Crippen molar-refractivity contribution in [1.82, 2.24) is 10.2 Å². The Balaban J connectivity index is 2.93. The van der Waals surface area contributed by atoms with Crippen molar-refractivity contribution in [2.75, 3.05) is 7.11 Å². The molecule has 1 N–H and O–H groups in total. The van der Waals surface area contributed by atoms with Crippen LogP contribution in [0.4, 0.5) is 4.39 Å². The molecule has 0 aliphatic carbocycles. The second kappa shape index (κ2) is 2.47. The third-order valence-corrected chi connectivity index (χ3v) is 0.998. The second-order valence-electron chi connectivity index (χ2n) is 1.59. The average molecular weight is 144 g/mol. The summed E-state index contributed by atoms with van der Waals surface area (Å²) in [7, 11) is 1.18. The van der Waals surface area contributed by atoms with E-state index in [-0.39, 0.29) is 5.56 Å². The van der Waals surface area contributed by atoms with Gasteiger partial charge in [-0.2, -0.15) is 9.49 Å². The van der Waals surface area contributed by atoms with E-state index in [2.05, 4.69) is 9.84 Å². The van der Waals surface area contributed by atoms with Crippen LogP contribution in [-0.2, 0) is 4.74 Å². The lowest BCUT2D eigenvalue weighted by molar-refractivity contribution is 0.0595. The van der Waals surface area contributed by atoms with E-state index in [0.29, 0.717) is 0 Å². The summed E-state index contributed by atoms with van der Waals surface area (Å²) in [6.07, 6.45) is 1.07. The number of H-pyrrole nitrogens is 1. The van der Waals surface area contributed by atoms with Crippen molar-refractivity contribution in [1.29, 1.82) is 0 Å². The van der Waals surface area contributed by atoms with Crippen LogP contribution in [-0.4, -0.2) is 23.3 Å². The third-order valence-electron chi connectivity index (χ3n) is 0.998. The van der Waals surface area contributed by atoms with E-state index in [0.717, 1.165) is 6.20 Å². The van der Waals surface area contributed by atoms with Crippen LogP contribution in [0.3, 0.4) is 0 Å². The molecule has 0 fully saturated rings.